The average molecular weight is 345 g/mol. The largest absolute Gasteiger partial charge is 0.340 e. The van der Waals surface area contributed by atoms with Gasteiger partial charge in [0.25, 0.3) is 5.91 Å². The van der Waals surface area contributed by atoms with Gasteiger partial charge in [0, 0.05) is 29.7 Å². The van der Waals surface area contributed by atoms with E-state index in [0.717, 1.165) is 29.2 Å². The first-order chi connectivity index (χ1) is 12.6. The van der Waals surface area contributed by atoms with Crippen LogP contribution in [0.4, 0.5) is 0 Å². The maximum Gasteiger partial charge on any atom is 0.254 e. The second kappa shape index (κ2) is 6.59. The molecule has 1 aliphatic heterocycles. The van der Waals surface area contributed by atoms with Crippen molar-refractivity contribution in [3.05, 3.63) is 77.1 Å². The van der Waals surface area contributed by atoms with Crippen LogP contribution in [0.5, 0.6) is 0 Å². The molecule has 1 aromatic heterocycles. The smallest absolute Gasteiger partial charge is 0.254 e. The van der Waals surface area contributed by atoms with Crippen LogP contribution in [0.3, 0.4) is 0 Å². The van der Waals surface area contributed by atoms with Gasteiger partial charge >= 0.3 is 0 Å². The van der Waals surface area contributed by atoms with Gasteiger partial charge in [0.1, 0.15) is 5.82 Å². The Morgan fingerprint density at radius 2 is 1.81 bits per heavy atom. The highest BCUT2D eigenvalue weighted by atomic mass is 16.2. The van der Waals surface area contributed by atoms with Gasteiger partial charge in [-0.25, -0.2) is 4.98 Å². The first-order valence-corrected chi connectivity index (χ1v) is 8.65. The molecular formula is C21H19N3O2. The van der Waals surface area contributed by atoms with E-state index in [2.05, 4.69) is 9.97 Å². The van der Waals surface area contributed by atoms with Crippen LogP contribution >= 0.6 is 0 Å². The van der Waals surface area contributed by atoms with Gasteiger partial charge in [0.05, 0.1) is 17.9 Å². The third kappa shape index (κ3) is 3.04. The van der Waals surface area contributed by atoms with E-state index in [0.29, 0.717) is 24.2 Å². The summed E-state index contributed by atoms with van der Waals surface area (Å²) in [7, 11) is 0. The highest BCUT2D eigenvalue weighted by Crippen LogP contribution is 2.23. The fraction of sp³-hybridized carbons (Fsp3) is 0.190. The number of rotatable bonds is 3. The Bertz CT molecular complexity index is 976. The summed E-state index contributed by atoms with van der Waals surface area (Å²) in [5.41, 5.74) is 4.14. The number of amides is 1. The molecule has 0 spiro atoms. The quantitative estimate of drug-likeness (QED) is 0.739. The molecule has 4 rings (SSSR count). The summed E-state index contributed by atoms with van der Waals surface area (Å²) >= 11 is 0. The molecule has 1 aliphatic rings. The van der Waals surface area contributed by atoms with Crippen molar-refractivity contribution in [3.8, 4) is 11.4 Å². The minimum atomic E-state index is -0.0605. The van der Waals surface area contributed by atoms with E-state index in [4.69, 9.17) is 0 Å². The van der Waals surface area contributed by atoms with Crippen molar-refractivity contribution in [2.45, 2.75) is 19.9 Å². The molecule has 5 nitrogen and oxygen atoms in total. The van der Waals surface area contributed by atoms with Crippen LogP contribution in [0, 0.1) is 0 Å². The van der Waals surface area contributed by atoms with Crippen molar-refractivity contribution in [1.29, 1.82) is 0 Å². The van der Waals surface area contributed by atoms with Crippen molar-refractivity contribution >= 4 is 11.7 Å². The fourth-order valence-corrected chi connectivity index (χ4v) is 3.25. The Hall–Kier alpha value is -3.21. The number of aromatic nitrogens is 2. The van der Waals surface area contributed by atoms with Crippen LogP contribution in [-0.2, 0) is 13.0 Å². The predicted molar refractivity (Wildman–Crippen MR) is 98.9 cm³/mol. The van der Waals surface area contributed by atoms with E-state index in [1.807, 2.05) is 30.3 Å². The van der Waals surface area contributed by atoms with Crippen LogP contribution in [0.2, 0.25) is 0 Å². The van der Waals surface area contributed by atoms with Gasteiger partial charge in [0.2, 0.25) is 0 Å². The highest BCUT2D eigenvalue weighted by molar-refractivity contribution is 5.99. The molecule has 0 atom stereocenters. The molecule has 26 heavy (non-hydrogen) atoms. The van der Waals surface area contributed by atoms with E-state index in [1.165, 1.54) is 6.92 Å². The Morgan fingerprint density at radius 1 is 1.04 bits per heavy atom. The summed E-state index contributed by atoms with van der Waals surface area (Å²) in [4.78, 5) is 34.2. The zero-order chi connectivity index (χ0) is 18.1. The number of benzene rings is 2. The molecule has 0 radical (unpaired) electrons. The van der Waals surface area contributed by atoms with Gasteiger partial charge in [-0.1, -0.05) is 42.5 Å². The summed E-state index contributed by atoms with van der Waals surface area (Å²) in [5, 5.41) is 0. The van der Waals surface area contributed by atoms with Crippen LogP contribution in [-0.4, -0.2) is 33.1 Å². The van der Waals surface area contributed by atoms with Gasteiger partial charge in [-0.2, -0.15) is 0 Å². The number of hydrogen-bond acceptors (Lipinski definition) is 3. The molecule has 0 fully saturated rings. The number of fused-ring (bicyclic) bond motifs is 1. The van der Waals surface area contributed by atoms with Crippen molar-refractivity contribution < 1.29 is 9.59 Å². The molecule has 1 amide bonds. The van der Waals surface area contributed by atoms with Gasteiger partial charge < -0.3 is 9.88 Å². The molecule has 0 saturated carbocycles. The van der Waals surface area contributed by atoms with Crippen LogP contribution in [0.25, 0.3) is 11.4 Å². The van der Waals surface area contributed by atoms with Crippen LogP contribution < -0.4 is 0 Å². The average Bonchev–Trinajstić information content (AvgIpc) is 3.11. The zero-order valence-corrected chi connectivity index (χ0v) is 14.5. The third-order valence-corrected chi connectivity index (χ3v) is 4.68. The molecule has 2 aromatic carbocycles. The van der Waals surface area contributed by atoms with Crippen LogP contribution in [0.1, 0.15) is 39.0 Å². The topological polar surface area (TPSA) is 66.1 Å². The molecule has 0 saturated heterocycles. The number of Topliss-reactive ketones (excluding diaryl/α,β-unsaturated/α-hetero) is 1. The van der Waals surface area contributed by atoms with Crippen molar-refractivity contribution in [2.24, 2.45) is 0 Å². The summed E-state index contributed by atoms with van der Waals surface area (Å²) in [6.45, 7) is 2.62. The number of H-pyrrole nitrogens is 1. The Kier molecular flexibility index (Phi) is 4.13. The standard InChI is InChI=1S/C21H19N3O2/c1-14(25)16-8-5-9-17(12-16)21(26)24-11-10-18-19(13-24)23-20(22-18)15-6-3-2-4-7-15/h2-9,12H,10-11,13H2,1H3,(H,22,23). The second-order valence-electron chi connectivity index (χ2n) is 6.49. The summed E-state index contributed by atoms with van der Waals surface area (Å²) in [6.07, 6.45) is 0.719. The predicted octanol–water partition coefficient (Wildman–Crippen LogP) is 3.48. The Balaban J connectivity index is 1.57. The first-order valence-electron chi connectivity index (χ1n) is 8.65. The maximum atomic E-state index is 12.8. The van der Waals surface area contributed by atoms with Crippen molar-refractivity contribution in [3.63, 3.8) is 0 Å². The summed E-state index contributed by atoms with van der Waals surface area (Å²) in [5.74, 6) is 0.736. The zero-order valence-electron chi connectivity index (χ0n) is 14.5. The maximum absolute atomic E-state index is 12.8. The number of nitrogens with zero attached hydrogens (tertiary/aromatic N) is 2. The molecule has 130 valence electrons. The lowest BCUT2D eigenvalue weighted by molar-refractivity contribution is 0.0732. The van der Waals surface area contributed by atoms with Crippen molar-refractivity contribution in [2.75, 3.05) is 6.54 Å². The number of aromatic amines is 1. The highest BCUT2D eigenvalue weighted by Gasteiger charge is 2.25. The lowest BCUT2D eigenvalue weighted by atomic mass is 10.1. The monoisotopic (exact) mass is 345 g/mol. The number of carbonyl (C=O) groups excluding carboxylic acids is 2. The molecule has 0 bridgehead atoms. The van der Waals surface area contributed by atoms with Gasteiger partial charge in [-0.3, -0.25) is 9.59 Å². The lowest BCUT2D eigenvalue weighted by Gasteiger charge is -2.26. The minimum Gasteiger partial charge on any atom is -0.340 e. The molecule has 0 unspecified atom stereocenters. The molecule has 0 aliphatic carbocycles. The van der Waals surface area contributed by atoms with E-state index in [9.17, 15) is 9.59 Å². The van der Waals surface area contributed by atoms with E-state index in [1.54, 1.807) is 29.2 Å². The van der Waals surface area contributed by atoms with E-state index in [-0.39, 0.29) is 11.7 Å². The number of imidazole rings is 1. The second-order valence-corrected chi connectivity index (χ2v) is 6.49. The van der Waals surface area contributed by atoms with E-state index < -0.39 is 0 Å². The fourth-order valence-electron chi connectivity index (χ4n) is 3.25. The lowest BCUT2D eigenvalue weighted by Crippen LogP contribution is -2.36. The number of carbonyl (C=O) groups is 2. The molecule has 1 N–H and O–H groups in total. The number of hydrogen-bond donors (Lipinski definition) is 1. The SMILES string of the molecule is CC(=O)c1cccc(C(=O)N2CCc3nc(-c4ccccc4)[nH]c3C2)c1. The molecule has 5 heteroatoms. The third-order valence-electron chi connectivity index (χ3n) is 4.68. The minimum absolute atomic E-state index is 0.0401. The van der Waals surface area contributed by atoms with Gasteiger partial charge in [0.15, 0.2) is 5.78 Å². The normalized spacial score (nSPS) is 13.3. The molecule has 3 aromatic rings. The Morgan fingerprint density at radius 3 is 2.58 bits per heavy atom. The summed E-state index contributed by atoms with van der Waals surface area (Å²) < 4.78 is 0. The van der Waals surface area contributed by atoms with Gasteiger partial charge in [-0.05, 0) is 19.1 Å². The molecular weight excluding hydrogens is 326 g/mol. The molecule has 2 heterocycles. The first kappa shape index (κ1) is 16.3. The van der Waals surface area contributed by atoms with Gasteiger partial charge in [-0.15, -0.1) is 0 Å². The number of ketones is 1. The number of nitrogens with one attached hydrogen (secondary N) is 1. The Labute approximate surface area is 151 Å². The van der Waals surface area contributed by atoms with Crippen LogP contribution in [0.15, 0.2) is 54.6 Å². The summed E-state index contributed by atoms with van der Waals surface area (Å²) in [6, 6.07) is 16.9. The van der Waals surface area contributed by atoms with Crippen molar-refractivity contribution in [1.82, 2.24) is 14.9 Å². The van der Waals surface area contributed by atoms with E-state index >= 15 is 0 Å².